The lowest BCUT2D eigenvalue weighted by Gasteiger charge is -2.10. The molecule has 0 aliphatic carbocycles. The Morgan fingerprint density at radius 1 is 1.20 bits per heavy atom. The number of anilines is 2. The summed E-state index contributed by atoms with van der Waals surface area (Å²) in [5.74, 6) is -0.897. The Bertz CT molecular complexity index is 686. The van der Waals surface area contributed by atoms with Crippen LogP contribution in [0.5, 0.6) is 0 Å². The van der Waals surface area contributed by atoms with E-state index in [0.717, 1.165) is 11.1 Å². The second-order valence-corrected chi connectivity index (χ2v) is 5.46. The lowest BCUT2D eigenvalue weighted by molar-refractivity contribution is 0.102. The average molecular weight is 337 g/mol. The second kappa shape index (κ2) is 5.63. The SMILES string of the molecule is Cc1ccc(NC(=O)c2cc(N)c(F)cc2Br)cc1C. The molecule has 0 radical (unpaired) electrons. The smallest absolute Gasteiger partial charge is 0.256 e. The number of rotatable bonds is 2. The Morgan fingerprint density at radius 2 is 1.90 bits per heavy atom. The van der Waals surface area contributed by atoms with Gasteiger partial charge in [-0.25, -0.2) is 4.39 Å². The topological polar surface area (TPSA) is 55.1 Å². The van der Waals surface area contributed by atoms with Gasteiger partial charge in [0.2, 0.25) is 0 Å². The number of nitrogens with one attached hydrogen (secondary N) is 1. The number of amides is 1. The third kappa shape index (κ3) is 2.99. The first kappa shape index (κ1) is 14.5. The van der Waals surface area contributed by atoms with E-state index in [-0.39, 0.29) is 11.6 Å². The van der Waals surface area contributed by atoms with Crippen molar-refractivity contribution >= 4 is 33.2 Å². The summed E-state index contributed by atoms with van der Waals surface area (Å²) in [5, 5.41) is 2.77. The number of hydrogen-bond donors (Lipinski definition) is 2. The van der Waals surface area contributed by atoms with E-state index in [1.165, 1.54) is 12.1 Å². The van der Waals surface area contributed by atoms with Crippen LogP contribution in [0.1, 0.15) is 21.5 Å². The van der Waals surface area contributed by atoms with Crippen molar-refractivity contribution in [2.45, 2.75) is 13.8 Å². The molecule has 0 bridgehead atoms. The summed E-state index contributed by atoms with van der Waals surface area (Å²) in [7, 11) is 0. The Kier molecular flexibility index (Phi) is 4.09. The van der Waals surface area contributed by atoms with Gasteiger partial charge in [0.05, 0.1) is 11.3 Å². The van der Waals surface area contributed by atoms with Gasteiger partial charge in [0, 0.05) is 10.2 Å². The van der Waals surface area contributed by atoms with E-state index in [4.69, 9.17) is 5.73 Å². The largest absolute Gasteiger partial charge is 0.396 e. The lowest BCUT2D eigenvalue weighted by atomic mass is 10.1. The van der Waals surface area contributed by atoms with Crippen LogP contribution in [-0.4, -0.2) is 5.91 Å². The van der Waals surface area contributed by atoms with Crippen molar-refractivity contribution in [1.29, 1.82) is 0 Å². The number of aryl methyl sites for hydroxylation is 2. The Hall–Kier alpha value is -1.88. The Balaban J connectivity index is 2.28. The van der Waals surface area contributed by atoms with Crippen LogP contribution in [0, 0.1) is 19.7 Å². The highest BCUT2D eigenvalue weighted by Crippen LogP contribution is 2.24. The highest BCUT2D eigenvalue weighted by molar-refractivity contribution is 9.10. The number of nitrogens with two attached hydrogens (primary N) is 1. The van der Waals surface area contributed by atoms with Crippen molar-refractivity contribution in [3.63, 3.8) is 0 Å². The first-order chi connectivity index (χ1) is 9.38. The molecule has 0 saturated carbocycles. The van der Waals surface area contributed by atoms with Gasteiger partial charge < -0.3 is 11.1 Å². The van der Waals surface area contributed by atoms with E-state index < -0.39 is 5.82 Å². The fraction of sp³-hybridized carbons (Fsp3) is 0.133. The second-order valence-electron chi connectivity index (χ2n) is 4.61. The zero-order valence-electron chi connectivity index (χ0n) is 11.1. The minimum atomic E-state index is -0.556. The van der Waals surface area contributed by atoms with Crippen LogP contribution >= 0.6 is 15.9 Å². The molecular formula is C15H14BrFN2O. The summed E-state index contributed by atoms with van der Waals surface area (Å²) in [5.41, 5.74) is 8.65. The number of carbonyl (C=O) groups excluding carboxylic acids is 1. The van der Waals surface area contributed by atoms with Crippen molar-refractivity contribution in [3.8, 4) is 0 Å². The molecule has 20 heavy (non-hydrogen) atoms. The van der Waals surface area contributed by atoms with Crippen LogP contribution in [0.15, 0.2) is 34.8 Å². The third-order valence-corrected chi connectivity index (χ3v) is 3.75. The van der Waals surface area contributed by atoms with E-state index in [2.05, 4.69) is 21.2 Å². The summed E-state index contributed by atoms with van der Waals surface area (Å²) < 4.78 is 13.6. The predicted molar refractivity (Wildman–Crippen MR) is 82.4 cm³/mol. The van der Waals surface area contributed by atoms with Gasteiger partial charge in [0.25, 0.3) is 5.91 Å². The maximum atomic E-state index is 13.3. The van der Waals surface area contributed by atoms with Crippen LogP contribution in [0.25, 0.3) is 0 Å². The van der Waals surface area contributed by atoms with Gasteiger partial charge in [-0.3, -0.25) is 4.79 Å². The normalized spacial score (nSPS) is 10.4. The first-order valence-electron chi connectivity index (χ1n) is 6.01. The zero-order valence-corrected chi connectivity index (χ0v) is 12.7. The van der Waals surface area contributed by atoms with Crippen LogP contribution in [0.2, 0.25) is 0 Å². The third-order valence-electron chi connectivity index (χ3n) is 3.10. The Labute approximate surface area is 125 Å². The number of halogens is 2. The quantitative estimate of drug-likeness (QED) is 0.813. The van der Waals surface area contributed by atoms with Gasteiger partial charge in [-0.2, -0.15) is 0 Å². The Morgan fingerprint density at radius 3 is 2.55 bits per heavy atom. The van der Waals surface area contributed by atoms with Crippen molar-refractivity contribution in [3.05, 3.63) is 57.3 Å². The van der Waals surface area contributed by atoms with Crippen LogP contribution < -0.4 is 11.1 Å². The number of nitrogen functional groups attached to an aromatic ring is 1. The molecule has 0 saturated heterocycles. The van der Waals surface area contributed by atoms with Gasteiger partial charge in [-0.1, -0.05) is 6.07 Å². The van der Waals surface area contributed by atoms with Crippen LogP contribution in [0.3, 0.4) is 0 Å². The number of benzene rings is 2. The van der Waals surface area contributed by atoms with Crippen molar-refractivity contribution in [2.24, 2.45) is 0 Å². The van der Waals surface area contributed by atoms with Gasteiger partial charge in [-0.05, 0) is 65.2 Å². The van der Waals surface area contributed by atoms with E-state index in [1.54, 1.807) is 0 Å². The van der Waals surface area contributed by atoms with E-state index in [9.17, 15) is 9.18 Å². The fourth-order valence-electron chi connectivity index (χ4n) is 1.76. The van der Waals surface area contributed by atoms with E-state index in [0.29, 0.717) is 15.7 Å². The highest BCUT2D eigenvalue weighted by atomic mass is 79.9. The first-order valence-corrected chi connectivity index (χ1v) is 6.81. The maximum Gasteiger partial charge on any atom is 0.256 e. The molecule has 0 spiro atoms. The predicted octanol–water partition coefficient (Wildman–Crippen LogP) is 4.04. The van der Waals surface area contributed by atoms with E-state index >= 15 is 0 Å². The molecule has 0 fully saturated rings. The average Bonchev–Trinajstić information content (AvgIpc) is 2.38. The molecule has 0 heterocycles. The number of carbonyl (C=O) groups is 1. The summed E-state index contributed by atoms with van der Waals surface area (Å²) in [6.45, 7) is 3.97. The summed E-state index contributed by atoms with van der Waals surface area (Å²) in [6.07, 6.45) is 0. The van der Waals surface area contributed by atoms with Crippen LogP contribution in [0.4, 0.5) is 15.8 Å². The molecule has 5 heteroatoms. The lowest BCUT2D eigenvalue weighted by Crippen LogP contribution is -2.13. The molecule has 0 atom stereocenters. The van der Waals surface area contributed by atoms with Gasteiger partial charge >= 0.3 is 0 Å². The van der Waals surface area contributed by atoms with Gasteiger partial charge in [0.15, 0.2) is 0 Å². The molecule has 2 rings (SSSR count). The molecule has 3 N–H and O–H groups in total. The van der Waals surface area contributed by atoms with Crippen molar-refractivity contribution in [2.75, 3.05) is 11.1 Å². The molecular weight excluding hydrogens is 323 g/mol. The minimum absolute atomic E-state index is 0.0570. The molecule has 3 nitrogen and oxygen atoms in total. The van der Waals surface area contributed by atoms with Crippen LogP contribution in [-0.2, 0) is 0 Å². The molecule has 2 aromatic carbocycles. The highest BCUT2D eigenvalue weighted by Gasteiger charge is 2.13. The van der Waals surface area contributed by atoms with Gasteiger partial charge in [-0.15, -0.1) is 0 Å². The minimum Gasteiger partial charge on any atom is -0.396 e. The summed E-state index contributed by atoms with van der Waals surface area (Å²) in [6, 6.07) is 8.13. The maximum absolute atomic E-state index is 13.3. The molecule has 1 amide bonds. The molecule has 104 valence electrons. The molecule has 0 unspecified atom stereocenters. The summed E-state index contributed by atoms with van der Waals surface area (Å²) >= 11 is 3.16. The molecule has 0 aromatic heterocycles. The molecule has 0 aliphatic heterocycles. The van der Waals surface area contributed by atoms with E-state index in [1.807, 2.05) is 32.0 Å². The monoisotopic (exact) mass is 336 g/mol. The molecule has 2 aromatic rings. The number of hydrogen-bond acceptors (Lipinski definition) is 2. The van der Waals surface area contributed by atoms with Gasteiger partial charge in [0.1, 0.15) is 5.82 Å². The zero-order chi connectivity index (χ0) is 14.9. The molecule has 0 aliphatic rings. The standard InChI is InChI=1S/C15H14BrFN2O/c1-8-3-4-10(5-9(8)2)19-15(20)11-6-14(18)13(17)7-12(11)16/h3-7H,18H2,1-2H3,(H,19,20). The van der Waals surface area contributed by atoms with Crippen molar-refractivity contribution < 1.29 is 9.18 Å². The summed E-state index contributed by atoms with van der Waals surface area (Å²) in [4.78, 5) is 12.2. The van der Waals surface area contributed by atoms with Crippen molar-refractivity contribution in [1.82, 2.24) is 0 Å². The fourth-order valence-corrected chi connectivity index (χ4v) is 2.25.